The van der Waals surface area contributed by atoms with Crippen LogP contribution in [0, 0.1) is 0 Å². The highest BCUT2D eigenvalue weighted by atomic mass is 79.9. The first-order chi connectivity index (χ1) is 5.83. The molecule has 1 aromatic rings. The number of nitrogens with zero attached hydrogens (tertiary/aromatic N) is 2. The Balaban J connectivity index is 0.00000144. The molecule has 1 aromatic heterocycles. The van der Waals surface area contributed by atoms with E-state index in [2.05, 4.69) is 26.2 Å². The number of carbonyl (C=O) groups is 1. The van der Waals surface area contributed by atoms with Crippen molar-refractivity contribution in [1.82, 2.24) is 14.9 Å². The molecule has 1 rings (SSSR count). The molecular weight excluding hydrogens is 257 g/mol. The normalized spacial score (nSPS) is 9.00. The molecule has 1 amide bonds. The fourth-order valence-corrected chi connectivity index (χ4v) is 0.989. The zero-order valence-corrected chi connectivity index (χ0v) is 9.34. The summed E-state index contributed by atoms with van der Waals surface area (Å²) in [6, 6.07) is 0. The van der Waals surface area contributed by atoms with Crippen LogP contribution in [0.25, 0.3) is 0 Å². The molecule has 1 N–H and O–H groups in total. The summed E-state index contributed by atoms with van der Waals surface area (Å²) in [5.41, 5.74) is 0. The topological polar surface area (TPSA) is 46.9 Å². The Kier molecular flexibility index (Phi) is 6.62. The van der Waals surface area contributed by atoms with Gasteiger partial charge in [0.1, 0.15) is 0 Å². The molecule has 13 heavy (non-hydrogen) atoms. The molecule has 1 heterocycles. The number of amides is 1. The molecule has 0 saturated carbocycles. The van der Waals surface area contributed by atoms with E-state index in [1.54, 1.807) is 12.5 Å². The second-order valence-electron chi connectivity index (χ2n) is 2.28. The Bertz CT molecular complexity index is 240. The van der Waals surface area contributed by atoms with Crippen LogP contribution in [-0.2, 0) is 11.3 Å². The van der Waals surface area contributed by atoms with Crippen LogP contribution in [0.15, 0.2) is 18.7 Å². The van der Waals surface area contributed by atoms with Crippen molar-refractivity contribution in [2.75, 3.05) is 11.9 Å². The quantitative estimate of drug-likeness (QED) is 0.822. The molecule has 6 heteroatoms. The third-order valence-corrected chi connectivity index (χ3v) is 1.88. The Labute approximate surface area is 91.3 Å². The molecule has 0 aliphatic rings. The molecule has 0 spiro atoms. The van der Waals surface area contributed by atoms with Crippen molar-refractivity contribution in [2.24, 2.45) is 0 Å². The largest absolute Gasteiger partial charge is 0.354 e. The monoisotopic (exact) mass is 267 g/mol. The van der Waals surface area contributed by atoms with Crippen molar-refractivity contribution in [1.29, 1.82) is 0 Å². The molecule has 0 aliphatic heterocycles. The SMILES string of the molecule is Cl.O=C(CBr)NCCn1ccnc1. The number of hydrogen-bond acceptors (Lipinski definition) is 2. The molecule has 74 valence electrons. The fraction of sp³-hybridized carbons (Fsp3) is 0.429. The van der Waals surface area contributed by atoms with Crippen molar-refractivity contribution in [2.45, 2.75) is 6.54 Å². The Hall–Kier alpha value is -0.550. The van der Waals surface area contributed by atoms with E-state index in [-0.39, 0.29) is 18.3 Å². The lowest BCUT2D eigenvalue weighted by Crippen LogP contribution is -2.27. The van der Waals surface area contributed by atoms with Gasteiger partial charge >= 0.3 is 0 Å². The first-order valence-electron chi connectivity index (χ1n) is 3.61. The van der Waals surface area contributed by atoms with E-state index in [0.717, 1.165) is 6.54 Å². The number of nitrogens with one attached hydrogen (secondary N) is 1. The average Bonchev–Trinajstić information content (AvgIpc) is 2.57. The zero-order chi connectivity index (χ0) is 8.81. The van der Waals surface area contributed by atoms with Crippen molar-refractivity contribution in [3.8, 4) is 0 Å². The van der Waals surface area contributed by atoms with Gasteiger partial charge in [0.15, 0.2) is 0 Å². The molecule has 0 unspecified atom stereocenters. The molecule has 0 aromatic carbocycles. The minimum absolute atomic E-state index is 0. The van der Waals surface area contributed by atoms with E-state index < -0.39 is 0 Å². The van der Waals surface area contributed by atoms with E-state index in [1.165, 1.54) is 0 Å². The summed E-state index contributed by atoms with van der Waals surface area (Å²) in [5, 5.41) is 3.09. The lowest BCUT2D eigenvalue weighted by Gasteiger charge is -2.02. The highest BCUT2D eigenvalue weighted by molar-refractivity contribution is 9.09. The fourth-order valence-electron chi connectivity index (χ4n) is 0.791. The van der Waals surface area contributed by atoms with Crippen LogP contribution in [0.5, 0.6) is 0 Å². The van der Waals surface area contributed by atoms with Gasteiger partial charge < -0.3 is 9.88 Å². The summed E-state index contributed by atoms with van der Waals surface area (Å²) < 4.78 is 1.91. The number of alkyl halides is 1. The third kappa shape index (κ3) is 4.90. The molecule has 0 saturated heterocycles. The third-order valence-electron chi connectivity index (χ3n) is 1.37. The van der Waals surface area contributed by atoms with Crippen LogP contribution < -0.4 is 5.32 Å². The van der Waals surface area contributed by atoms with Gasteiger partial charge in [-0.25, -0.2) is 4.98 Å². The van der Waals surface area contributed by atoms with Crippen LogP contribution in [0.1, 0.15) is 0 Å². The molecule has 0 atom stereocenters. The zero-order valence-electron chi connectivity index (χ0n) is 6.94. The van der Waals surface area contributed by atoms with Crippen LogP contribution in [0.4, 0.5) is 0 Å². The standard InChI is InChI=1S/C7H10BrN3O.ClH/c8-5-7(12)10-2-4-11-3-1-9-6-11;/h1,3,6H,2,4-5H2,(H,10,12);1H. The van der Waals surface area contributed by atoms with E-state index >= 15 is 0 Å². The molecule has 0 fully saturated rings. The summed E-state index contributed by atoms with van der Waals surface area (Å²) in [4.78, 5) is 14.6. The first kappa shape index (κ1) is 12.4. The number of imidazole rings is 1. The van der Waals surface area contributed by atoms with Gasteiger partial charge in [0.2, 0.25) is 5.91 Å². The van der Waals surface area contributed by atoms with Crippen molar-refractivity contribution < 1.29 is 4.79 Å². The molecule has 0 bridgehead atoms. The lowest BCUT2D eigenvalue weighted by molar-refractivity contribution is -0.118. The molecule has 0 radical (unpaired) electrons. The van der Waals surface area contributed by atoms with Gasteiger partial charge in [-0.1, -0.05) is 15.9 Å². The van der Waals surface area contributed by atoms with Crippen LogP contribution in [-0.4, -0.2) is 27.3 Å². The predicted octanol–water partition coefficient (Wildman–Crippen LogP) is 0.816. The van der Waals surface area contributed by atoms with Crippen molar-refractivity contribution in [3.63, 3.8) is 0 Å². The van der Waals surface area contributed by atoms with Crippen LogP contribution in [0.3, 0.4) is 0 Å². The molecule has 0 aliphatic carbocycles. The summed E-state index contributed by atoms with van der Waals surface area (Å²) >= 11 is 3.06. The maximum Gasteiger partial charge on any atom is 0.230 e. The summed E-state index contributed by atoms with van der Waals surface area (Å²) in [5.74, 6) is 0.00937. The average molecular weight is 269 g/mol. The summed E-state index contributed by atoms with van der Waals surface area (Å²) in [6.07, 6.45) is 5.30. The van der Waals surface area contributed by atoms with Gasteiger partial charge in [-0.05, 0) is 0 Å². The summed E-state index contributed by atoms with van der Waals surface area (Å²) in [6.45, 7) is 1.40. The van der Waals surface area contributed by atoms with Gasteiger partial charge in [-0.3, -0.25) is 4.79 Å². The van der Waals surface area contributed by atoms with Gasteiger partial charge in [0, 0.05) is 25.5 Å². The highest BCUT2D eigenvalue weighted by Gasteiger charge is 1.95. The van der Waals surface area contributed by atoms with Gasteiger partial charge in [-0.15, -0.1) is 12.4 Å². The van der Waals surface area contributed by atoms with Gasteiger partial charge in [-0.2, -0.15) is 0 Å². The van der Waals surface area contributed by atoms with E-state index in [0.29, 0.717) is 11.9 Å². The van der Waals surface area contributed by atoms with Gasteiger partial charge in [0.05, 0.1) is 11.7 Å². The van der Waals surface area contributed by atoms with Crippen molar-refractivity contribution in [3.05, 3.63) is 18.7 Å². The number of carbonyl (C=O) groups excluding carboxylic acids is 1. The Morgan fingerprint density at radius 2 is 2.38 bits per heavy atom. The Morgan fingerprint density at radius 1 is 1.62 bits per heavy atom. The highest BCUT2D eigenvalue weighted by Crippen LogP contribution is 1.84. The maximum atomic E-state index is 10.8. The van der Waals surface area contributed by atoms with Crippen LogP contribution in [0.2, 0.25) is 0 Å². The van der Waals surface area contributed by atoms with E-state index in [9.17, 15) is 4.79 Å². The number of hydrogen-bond donors (Lipinski definition) is 1. The molecule has 4 nitrogen and oxygen atoms in total. The minimum Gasteiger partial charge on any atom is -0.354 e. The van der Waals surface area contributed by atoms with Crippen molar-refractivity contribution >= 4 is 34.2 Å². The van der Waals surface area contributed by atoms with E-state index in [1.807, 2.05) is 10.8 Å². The second-order valence-corrected chi connectivity index (χ2v) is 2.84. The number of rotatable bonds is 4. The minimum atomic E-state index is 0. The lowest BCUT2D eigenvalue weighted by atomic mass is 10.5. The number of halogens is 2. The summed E-state index contributed by atoms with van der Waals surface area (Å²) in [7, 11) is 0. The maximum absolute atomic E-state index is 10.8. The van der Waals surface area contributed by atoms with Gasteiger partial charge in [0.25, 0.3) is 0 Å². The van der Waals surface area contributed by atoms with E-state index in [4.69, 9.17) is 0 Å². The molecular formula is C7H11BrClN3O. The first-order valence-corrected chi connectivity index (χ1v) is 4.73. The van der Waals surface area contributed by atoms with Crippen LogP contribution >= 0.6 is 28.3 Å². The Morgan fingerprint density at radius 3 is 2.92 bits per heavy atom. The second kappa shape index (κ2) is 6.91. The predicted molar refractivity (Wildman–Crippen MR) is 56.3 cm³/mol. The number of aromatic nitrogens is 2. The smallest absolute Gasteiger partial charge is 0.230 e.